The second-order valence-corrected chi connectivity index (χ2v) is 3.90. The quantitative estimate of drug-likeness (QED) is 0.518. The molecule has 0 rings (SSSR count). The SMILES string of the molecule is C/C=C/C=C/C(=O)NC(CO)CC(C)C. The van der Waals surface area contributed by atoms with Gasteiger partial charge in [0.15, 0.2) is 0 Å². The van der Waals surface area contributed by atoms with Gasteiger partial charge in [0.25, 0.3) is 0 Å². The van der Waals surface area contributed by atoms with Crippen LogP contribution < -0.4 is 5.32 Å². The molecule has 0 aromatic rings. The van der Waals surface area contributed by atoms with Crippen molar-refractivity contribution in [3.05, 3.63) is 24.3 Å². The van der Waals surface area contributed by atoms with Gasteiger partial charge in [0.05, 0.1) is 12.6 Å². The van der Waals surface area contributed by atoms with Crippen LogP contribution in [0.2, 0.25) is 0 Å². The van der Waals surface area contributed by atoms with Gasteiger partial charge in [-0.15, -0.1) is 0 Å². The van der Waals surface area contributed by atoms with Gasteiger partial charge in [-0.2, -0.15) is 0 Å². The van der Waals surface area contributed by atoms with Gasteiger partial charge in [-0.1, -0.05) is 32.1 Å². The highest BCUT2D eigenvalue weighted by Gasteiger charge is 2.10. The van der Waals surface area contributed by atoms with E-state index in [4.69, 9.17) is 5.11 Å². The maximum absolute atomic E-state index is 11.3. The molecule has 2 N–H and O–H groups in total. The molecule has 86 valence electrons. The van der Waals surface area contributed by atoms with Crippen LogP contribution >= 0.6 is 0 Å². The molecular formula is C12H21NO2. The third-order valence-corrected chi connectivity index (χ3v) is 1.87. The maximum Gasteiger partial charge on any atom is 0.244 e. The predicted molar refractivity (Wildman–Crippen MR) is 62.4 cm³/mol. The third-order valence-electron chi connectivity index (χ3n) is 1.87. The van der Waals surface area contributed by atoms with E-state index in [1.165, 1.54) is 6.08 Å². The van der Waals surface area contributed by atoms with Crippen molar-refractivity contribution in [3.8, 4) is 0 Å². The summed E-state index contributed by atoms with van der Waals surface area (Å²) >= 11 is 0. The van der Waals surface area contributed by atoms with Gasteiger partial charge in [0.1, 0.15) is 0 Å². The van der Waals surface area contributed by atoms with Gasteiger partial charge < -0.3 is 10.4 Å². The van der Waals surface area contributed by atoms with Crippen molar-refractivity contribution < 1.29 is 9.90 Å². The molecule has 0 bridgehead atoms. The fourth-order valence-electron chi connectivity index (χ4n) is 1.25. The molecule has 0 heterocycles. The van der Waals surface area contributed by atoms with Crippen molar-refractivity contribution in [2.75, 3.05) is 6.61 Å². The van der Waals surface area contributed by atoms with E-state index in [0.717, 1.165) is 6.42 Å². The summed E-state index contributed by atoms with van der Waals surface area (Å²) in [4.78, 5) is 11.3. The molecule has 3 nitrogen and oxygen atoms in total. The smallest absolute Gasteiger partial charge is 0.244 e. The fourth-order valence-corrected chi connectivity index (χ4v) is 1.25. The molecular weight excluding hydrogens is 190 g/mol. The van der Waals surface area contributed by atoms with E-state index in [9.17, 15) is 4.79 Å². The second-order valence-electron chi connectivity index (χ2n) is 3.90. The van der Waals surface area contributed by atoms with Crippen molar-refractivity contribution in [1.29, 1.82) is 0 Å². The van der Waals surface area contributed by atoms with E-state index in [0.29, 0.717) is 5.92 Å². The van der Waals surface area contributed by atoms with E-state index in [1.54, 1.807) is 12.2 Å². The van der Waals surface area contributed by atoms with Gasteiger partial charge in [-0.3, -0.25) is 4.79 Å². The minimum atomic E-state index is -0.159. The first-order valence-electron chi connectivity index (χ1n) is 5.30. The lowest BCUT2D eigenvalue weighted by molar-refractivity contribution is -0.117. The number of allylic oxidation sites excluding steroid dienone is 3. The van der Waals surface area contributed by atoms with Crippen molar-refractivity contribution in [1.82, 2.24) is 5.32 Å². The molecule has 0 saturated carbocycles. The Balaban J connectivity index is 4.01. The first-order chi connectivity index (χ1) is 7.10. The zero-order valence-electron chi connectivity index (χ0n) is 9.73. The lowest BCUT2D eigenvalue weighted by Crippen LogP contribution is -2.37. The summed E-state index contributed by atoms with van der Waals surface area (Å²) in [5.74, 6) is 0.301. The van der Waals surface area contributed by atoms with Gasteiger partial charge in [0, 0.05) is 6.08 Å². The van der Waals surface area contributed by atoms with Crippen molar-refractivity contribution >= 4 is 5.91 Å². The summed E-state index contributed by atoms with van der Waals surface area (Å²) in [7, 11) is 0. The Hall–Kier alpha value is -1.09. The van der Waals surface area contributed by atoms with E-state index >= 15 is 0 Å². The Bertz CT molecular complexity index is 232. The molecule has 1 amide bonds. The highest BCUT2D eigenvalue weighted by atomic mass is 16.3. The summed E-state index contributed by atoms with van der Waals surface area (Å²) in [5, 5.41) is 11.8. The lowest BCUT2D eigenvalue weighted by atomic mass is 10.0. The maximum atomic E-state index is 11.3. The highest BCUT2D eigenvalue weighted by Crippen LogP contribution is 2.03. The fraction of sp³-hybridized carbons (Fsp3) is 0.583. The molecule has 0 aliphatic rings. The molecule has 0 spiro atoms. The Morgan fingerprint density at radius 3 is 2.53 bits per heavy atom. The minimum Gasteiger partial charge on any atom is -0.394 e. The number of aliphatic hydroxyl groups is 1. The van der Waals surface area contributed by atoms with E-state index in [1.807, 2.05) is 13.0 Å². The first-order valence-corrected chi connectivity index (χ1v) is 5.30. The monoisotopic (exact) mass is 211 g/mol. The molecule has 0 aliphatic heterocycles. The molecule has 0 aromatic carbocycles. The van der Waals surface area contributed by atoms with E-state index < -0.39 is 0 Å². The Kier molecular flexibility index (Phi) is 7.64. The number of rotatable bonds is 6. The molecule has 1 unspecified atom stereocenters. The average molecular weight is 211 g/mol. The number of hydrogen-bond acceptors (Lipinski definition) is 2. The number of carbonyl (C=O) groups is 1. The van der Waals surface area contributed by atoms with Gasteiger partial charge >= 0.3 is 0 Å². The van der Waals surface area contributed by atoms with Crippen LogP contribution in [-0.2, 0) is 4.79 Å². The van der Waals surface area contributed by atoms with Gasteiger partial charge in [-0.25, -0.2) is 0 Å². The lowest BCUT2D eigenvalue weighted by Gasteiger charge is -2.16. The second kappa shape index (κ2) is 8.24. The summed E-state index contributed by atoms with van der Waals surface area (Å²) in [6.45, 7) is 5.99. The first kappa shape index (κ1) is 13.9. The Morgan fingerprint density at radius 1 is 1.40 bits per heavy atom. The van der Waals surface area contributed by atoms with Gasteiger partial charge in [0.2, 0.25) is 5.91 Å². The van der Waals surface area contributed by atoms with Crippen molar-refractivity contribution in [2.45, 2.75) is 33.2 Å². The van der Waals surface area contributed by atoms with Crippen LogP contribution in [0.1, 0.15) is 27.2 Å². The summed E-state index contributed by atoms with van der Waals surface area (Å²) in [5.41, 5.74) is 0. The van der Waals surface area contributed by atoms with Gasteiger partial charge in [-0.05, 0) is 19.3 Å². The number of nitrogens with one attached hydrogen (secondary N) is 1. The van der Waals surface area contributed by atoms with Crippen molar-refractivity contribution in [3.63, 3.8) is 0 Å². The molecule has 0 radical (unpaired) electrons. The zero-order chi connectivity index (χ0) is 11.7. The number of aliphatic hydroxyl groups excluding tert-OH is 1. The molecule has 0 fully saturated rings. The molecule has 0 aliphatic carbocycles. The highest BCUT2D eigenvalue weighted by molar-refractivity contribution is 5.87. The van der Waals surface area contributed by atoms with Crippen LogP contribution in [0.5, 0.6) is 0 Å². The number of hydrogen-bond donors (Lipinski definition) is 2. The minimum absolute atomic E-state index is 0.0125. The van der Waals surface area contributed by atoms with E-state index in [-0.39, 0.29) is 18.6 Å². The summed E-state index contributed by atoms with van der Waals surface area (Å²) in [6, 6.07) is -0.146. The molecule has 1 atom stereocenters. The van der Waals surface area contributed by atoms with Crippen molar-refractivity contribution in [2.24, 2.45) is 5.92 Å². The van der Waals surface area contributed by atoms with Crippen LogP contribution in [-0.4, -0.2) is 23.7 Å². The zero-order valence-corrected chi connectivity index (χ0v) is 9.73. The Labute approximate surface area is 91.9 Å². The van der Waals surface area contributed by atoms with Crippen LogP contribution in [0.4, 0.5) is 0 Å². The van der Waals surface area contributed by atoms with E-state index in [2.05, 4.69) is 19.2 Å². The van der Waals surface area contributed by atoms with Crippen LogP contribution in [0, 0.1) is 5.92 Å². The third kappa shape index (κ3) is 7.94. The molecule has 15 heavy (non-hydrogen) atoms. The largest absolute Gasteiger partial charge is 0.394 e. The molecule has 0 saturated heterocycles. The number of carbonyl (C=O) groups excluding carboxylic acids is 1. The topological polar surface area (TPSA) is 49.3 Å². The normalized spacial score (nSPS) is 13.9. The molecule has 0 aromatic heterocycles. The molecule has 3 heteroatoms. The summed E-state index contributed by atoms with van der Waals surface area (Å²) in [6.07, 6.45) is 7.57. The van der Waals surface area contributed by atoms with Crippen LogP contribution in [0.3, 0.4) is 0 Å². The van der Waals surface area contributed by atoms with Crippen LogP contribution in [0.15, 0.2) is 24.3 Å². The standard InChI is InChI=1S/C12H21NO2/c1-4-5-6-7-12(15)13-11(9-14)8-10(2)3/h4-7,10-11,14H,8-9H2,1-3H3,(H,13,15)/b5-4+,7-6+. The number of amides is 1. The summed E-state index contributed by atoms with van der Waals surface area (Å²) < 4.78 is 0. The Morgan fingerprint density at radius 2 is 2.07 bits per heavy atom. The predicted octanol–water partition coefficient (Wildman–Crippen LogP) is 1.64. The van der Waals surface area contributed by atoms with Crippen LogP contribution in [0.25, 0.3) is 0 Å². The average Bonchev–Trinajstić information content (AvgIpc) is 2.16.